The number of carboxylic acid groups (broad SMARTS) is 1. The summed E-state index contributed by atoms with van der Waals surface area (Å²) in [6, 6.07) is -2.62. The fraction of sp³-hybridized carbons (Fsp3) is 0.864. The number of allylic oxidation sites excluding steroid dienone is 5. The minimum atomic E-state index is -3.08. The third kappa shape index (κ3) is 29.8. The van der Waals surface area contributed by atoms with Crippen molar-refractivity contribution in [3.05, 3.63) is 36.5 Å². The molecule has 89 heavy (non-hydrogen) atoms. The van der Waals surface area contributed by atoms with Crippen molar-refractivity contribution in [3.8, 4) is 0 Å². The Hall–Kier alpha value is -3.05. The van der Waals surface area contributed by atoms with Crippen molar-refractivity contribution < 1.29 is 104 Å². The summed E-state index contributed by atoms with van der Waals surface area (Å²) in [7, 11) is 0. The number of hydrogen-bond acceptors (Lipinski definition) is 20. The normalized spacial score (nSPS) is 29.0. The molecule has 3 fully saturated rings. The van der Waals surface area contributed by atoms with Gasteiger partial charge in [-0.1, -0.05) is 198 Å². The number of unbranched alkanes of at least 4 members (excludes halogenated alkanes) is 27. The van der Waals surface area contributed by atoms with Gasteiger partial charge in [-0.25, -0.2) is 4.79 Å². The summed E-state index contributed by atoms with van der Waals surface area (Å²) in [5.41, 5.74) is 0. The van der Waals surface area contributed by atoms with E-state index in [1.54, 1.807) is 6.08 Å². The second-order valence-electron chi connectivity index (χ2n) is 24.7. The van der Waals surface area contributed by atoms with E-state index in [2.05, 4.69) is 48.8 Å². The molecule has 3 heterocycles. The summed E-state index contributed by atoms with van der Waals surface area (Å²) in [5, 5.41) is 136. The van der Waals surface area contributed by atoms with Crippen LogP contribution in [0.2, 0.25) is 0 Å². The molecule has 0 aromatic carbocycles. The van der Waals surface area contributed by atoms with E-state index in [-0.39, 0.29) is 12.3 Å². The maximum Gasteiger partial charge on any atom is 0.364 e. The van der Waals surface area contributed by atoms with Gasteiger partial charge in [-0.05, 0) is 44.9 Å². The van der Waals surface area contributed by atoms with Crippen molar-refractivity contribution >= 4 is 17.8 Å². The average Bonchev–Trinajstić information content (AvgIpc) is 1.83. The summed E-state index contributed by atoms with van der Waals surface area (Å²) in [4.78, 5) is 38.5. The van der Waals surface area contributed by atoms with Crippen LogP contribution < -0.4 is 10.6 Å². The van der Waals surface area contributed by atoms with Gasteiger partial charge in [0.2, 0.25) is 11.8 Å². The van der Waals surface area contributed by atoms with Crippen LogP contribution in [0.3, 0.4) is 0 Å². The molecule has 18 unspecified atom stereocenters. The zero-order valence-corrected chi connectivity index (χ0v) is 53.8. The molecule has 3 aliphatic heterocycles. The lowest BCUT2D eigenvalue weighted by Gasteiger charge is -2.50. The summed E-state index contributed by atoms with van der Waals surface area (Å²) < 4.78 is 34.8. The van der Waals surface area contributed by atoms with Gasteiger partial charge in [0.25, 0.3) is 5.79 Å². The van der Waals surface area contributed by atoms with Crippen LogP contribution >= 0.6 is 0 Å². The molecule has 0 aromatic rings. The Labute approximate surface area is 529 Å². The Balaban J connectivity index is 1.62. The summed E-state index contributed by atoms with van der Waals surface area (Å²) in [6.07, 6.45) is 17.5. The lowest BCUT2D eigenvalue weighted by molar-refractivity contribution is -0.386. The average molecular weight is 1280 g/mol. The lowest BCUT2D eigenvalue weighted by Crippen LogP contribution is -2.70. The number of rotatable bonds is 50. The number of aliphatic hydroxyl groups excluding tert-OH is 11. The molecular formula is C66H118N2O21. The van der Waals surface area contributed by atoms with Crippen LogP contribution in [0.5, 0.6) is 0 Å². The molecule has 3 saturated heterocycles. The van der Waals surface area contributed by atoms with Gasteiger partial charge in [-0.3, -0.25) is 9.59 Å². The van der Waals surface area contributed by atoms with Crippen LogP contribution in [-0.2, 0) is 42.8 Å². The molecule has 0 saturated carbocycles. The standard InChI is InChI=1S/C66H118N2O21/c1-4-6-8-10-12-14-16-18-20-22-23-24-26-28-30-32-34-36-38-40-53(76)68-47(48(73)39-37-35-33-31-29-27-25-21-19-17-15-13-11-9-7-5-2)45-84-63-58(80)57(79)60(52(44-71)86-63)87-64-59(81)62(56(78)51(43-70)85-64)89-66(65(82)83)41-49(74)54(67-46(3)72)61(88-66)55(77)50(75)42-69/h12,14,16,18,37,39,47-52,54-64,69-71,73-75,77-81H,4-11,13,15,17,19-36,38,40-45H2,1-3H3,(H,67,72)(H,68,76)(H,82,83)/b14-12-,18-16-,39-37+. The van der Waals surface area contributed by atoms with Crippen molar-refractivity contribution in [1.29, 1.82) is 0 Å². The summed E-state index contributed by atoms with van der Waals surface area (Å²) in [5.74, 6) is -6.15. The Bertz CT molecular complexity index is 1950. The zero-order chi connectivity index (χ0) is 65.4. The highest BCUT2D eigenvalue weighted by Gasteiger charge is 2.60. The van der Waals surface area contributed by atoms with Crippen LogP contribution in [-0.4, -0.2) is 215 Å². The van der Waals surface area contributed by atoms with Gasteiger partial charge in [0.05, 0.1) is 50.7 Å². The van der Waals surface area contributed by atoms with Gasteiger partial charge >= 0.3 is 5.97 Å². The fourth-order valence-corrected chi connectivity index (χ4v) is 11.6. The fourth-order valence-electron chi connectivity index (χ4n) is 11.6. The van der Waals surface area contributed by atoms with Crippen molar-refractivity contribution in [2.75, 3.05) is 26.4 Å². The van der Waals surface area contributed by atoms with Crippen LogP contribution in [0.1, 0.15) is 226 Å². The number of hydrogen-bond donors (Lipinski definition) is 14. The number of carboxylic acids is 1. The highest BCUT2D eigenvalue weighted by molar-refractivity contribution is 5.77. The smallest absolute Gasteiger partial charge is 0.364 e. The van der Waals surface area contributed by atoms with Crippen molar-refractivity contribution in [2.24, 2.45) is 0 Å². The van der Waals surface area contributed by atoms with Crippen molar-refractivity contribution in [1.82, 2.24) is 10.6 Å². The topological polar surface area (TPSA) is 373 Å². The quantitative estimate of drug-likeness (QED) is 0.0204. The molecule has 14 N–H and O–H groups in total. The van der Waals surface area contributed by atoms with E-state index in [4.69, 9.17) is 28.4 Å². The van der Waals surface area contributed by atoms with E-state index in [0.29, 0.717) is 12.8 Å². The third-order valence-corrected chi connectivity index (χ3v) is 17.1. The van der Waals surface area contributed by atoms with Gasteiger partial charge in [-0.15, -0.1) is 0 Å². The van der Waals surface area contributed by atoms with Crippen LogP contribution in [0.15, 0.2) is 36.5 Å². The zero-order valence-electron chi connectivity index (χ0n) is 53.8. The Kier molecular flexibility index (Phi) is 42.3. The monoisotopic (exact) mass is 1270 g/mol. The minimum Gasteiger partial charge on any atom is -0.477 e. The third-order valence-electron chi connectivity index (χ3n) is 17.1. The second kappa shape index (κ2) is 46.9. The van der Waals surface area contributed by atoms with Crippen LogP contribution in [0, 0.1) is 0 Å². The highest BCUT2D eigenvalue weighted by Crippen LogP contribution is 2.38. The first-order valence-electron chi connectivity index (χ1n) is 33.9. The van der Waals surface area contributed by atoms with E-state index in [1.807, 2.05) is 6.08 Å². The van der Waals surface area contributed by atoms with E-state index in [0.717, 1.165) is 64.7 Å². The molecule has 18 atom stereocenters. The Morgan fingerprint density at radius 2 is 1.08 bits per heavy atom. The number of nitrogens with one attached hydrogen (secondary N) is 2. The van der Waals surface area contributed by atoms with Gasteiger partial charge in [-0.2, -0.15) is 0 Å². The second-order valence-corrected chi connectivity index (χ2v) is 24.7. The molecule has 3 rings (SSSR count). The maximum atomic E-state index is 13.4. The van der Waals surface area contributed by atoms with E-state index in [1.165, 1.54) is 122 Å². The molecule has 23 nitrogen and oxygen atoms in total. The predicted molar refractivity (Wildman–Crippen MR) is 334 cm³/mol. The van der Waals surface area contributed by atoms with Crippen molar-refractivity contribution in [3.63, 3.8) is 0 Å². The lowest BCUT2D eigenvalue weighted by atomic mass is 9.88. The molecule has 23 heteroatoms. The number of amides is 2. The predicted octanol–water partition coefficient (Wildman–Crippen LogP) is 5.45. The van der Waals surface area contributed by atoms with Gasteiger partial charge in [0, 0.05) is 19.8 Å². The number of carbonyl (C=O) groups is 3. The number of ether oxygens (including phenoxy) is 6. The van der Waals surface area contributed by atoms with Crippen LogP contribution in [0.25, 0.3) is 0 Å². The maximum absolute atomic E-state index is 13.4. The van der Waals surface area contributed by atoms with Crippen LogP contribution in [0.4, 0.5) is 0 Å². The molecule has 0 radical (unpaired) electrons. The molecule has 0 aromatic heterocycles. The van der Waals surface area contributed by atoms with Gasteiger partial charge in [0.15, 0.2) is 12.6 Å². The minimum absolute atomic E-state index is 0.195. The van der Waals surface area contributed by atoms with Gasteiger partial charge < -0.3 is 100 Å². The molecule has 0 spiro atoms. The first kappa shape index (κ1) is 80.2. The van der Waals surface area contributed by atoms with Gasteiger partial charge in [0.1, 0.15) is 67.1 Å². The molecule has 518 valence electrons. The number of aliphatic carboxylic acids is 1. The van der Waals surface area contributed by atoms with E-state index < -0.39 is 155 Å². The Morgan fingerprint density at radius 1 is 0.596 bits per heavy atom. The molecule has 0 bridgehead atoms. The summed E-state index contributed by atoms with van der Waals surface area (Å²) in [6.45, 7) is 2.09. The number of aliphatic hydroxyl groups is 11. The first-order valence-corrected chi connectivity index (χ1v) is 33.9. The van der Waals surface area contributed by atoms with E-state index >= 15 is 0 Å². The molecule has 3 aliphatic rings. The van der Waals surface area contributed by atoms with Crippen molar-refractivity contribution in [2.45, 2.75) is 336 Å². The summed E-state index contributed by atoms with van der Waals surface area (Å²) >= 11 is 0. The molecule has 2 amide bonds. The largest absolute Gasteiger partial charge is 0.477 e. The highest BCUT2D eigenvalue weighted by atomic mass is 16.8. The molecule has 0 aliphatic carbocycles. The number of carbonyl (C=O) groups excluding carboxylic acids is 2. The Morgan fingerprint density at radius 3 is 1.58 bits per heavy atom. The molecular weight excluding hydrogens is 1160 g/mol. The first-order chi connectivity index (χ1) is 42.9. The SMILES string of the molecule is CCCCC/C=C\C=C/CCCCCCCCCCCCC(=O)NC(COC1OC(CO)C(OC2OC(CO)C(O)C(OC3(C(=O)O)CC(O)C(NC(C)=O)C(C(O)C(O)CO)O3)C2O)C(O)C1O)C(O)/C=C/CCCCCCCCCCCCCCCC. The van der Waals surface area contributed by atoms with E-state index in [9.17, 15) is 75.7 Å².